The van der Waals surface area contributed by atoms with Crippen LogP contribution in [0.25, 0.3) is 16.7 Å². The fourth-order valence-electron chi connectivity index (χ4n) is 2.64. The van der Waals surface area contributed by atoms with E-state index in [1.54, 1.807) is 28.9 Å². The Morgan fingerprint density at radius 2 is 1.52 bits per heavy atom. The van der Waals surface area contributed by atoms with E-state index in [1.807, 2.05) is 6.92 Å². The smallest absolute Gasteiger partial charge is 0.168 e. The Hall–Kier alpha value is -3.35. The van der Waals surface area contributed by atoms with Gasteiger partial charge in [-0.05, 0) is 55.5 Å². The Morgan fingerprint density at radius 3 is 2.20 bits per heavy atom. The van der Waals surface area contributed by atoms with Crippen LogP contribution >= 0.6 is 0 Å². The van der Waals surface area contributed by atoms with Gasteiger partial charge in [-0.3, -0.25) is 0 Å². The zero-order chi connectivity index (χ0) is 17.4. The van der Waals surface area contributed by atoms with E-state index in [1.165, 1.54) is 30.6 Å². The highest BCUT2D eigenvalue weighted by Gasteiger charge is 2.15. The summed E-state index contributed by atoms with van der Waals surface area (Å²) in [7, 11) is 0. The molecule has 2 aromatic carbocycles. The van der Waals surface area contributed by atoms with Crippen molar-refractivity contribution < 1.29 is 8.78 Å². The number of anilines is 2. The SMILES string of the molecule is Cc1nn(-c2ccc(F)cc2)c2ncnc(Nc3ccc(F)cc3)c12. The fourth-order valence-corrected chi connectivity index (χ4v) is 2.64. The third-order valence-electron chi connectivity index (χ3n) is 3.82. The first-order chi connectivity index (χ1) is 12.1. The van der Waals surface area contributed by atoms with Crippen molar-refractivity contribution in [3.8, 4) is 5.69 Å². The van der Waals surface area contributed by atoms with Crippen LogP contribution in [-0.4, -0.2) is 19.7 Å². The molecular weight excluding hydrogens is 324 g/mol. The predicted molar refractivity (Wildman–Crippen MR) is 91.0 cm³/mol. The molecule has 7 heteroatoms. The Morgan fingerprint density at radius 1 is 0.880 bits per heavy atom. The number of rotatable bonds is 3. The van der Waals surface area contributed by atoms with E-state index in [9.17, 15) is 8.78 Å². The number of nitrogens with one attached hydrogen (secondary N) is 1. The first kappa shape index (κ1) is 15.2. The van der Waals surface area contributed by atoms with Crippen molar-refractivity contribution in [1.82, 2.24) is 19.7 Å². The van der Waals surface area contributed by atoms with Gasteiger partial charge in [0.25, 0.3) is 0 Å². The highest BCUT2D eigenvalue weighted by molar-refractivity contribution is 5.91. The maximum absolute atomic E-state index is 13.2. The lowest BCUT2D eigenvalue weighted by molar-refractivity contribution is 0.627. The molecule has 0 saturated heterocycles. The summed E-state index contributed by atoms with van der Waals surface area (Å²) in [4.78, 5) is 8.59. The molecule has 0 fully saturated rings. The van der Waals surface area contributed by atoms with Crippen LogP contribution in [0.15, 0.2) is 54.9 Å². The Kier molecular flexibility index (Phi) is 3.61. The summed E-state index contributed by atoms with van der Waals surface area (Å²) >= 11 is 0. The molecule has 0 amide bonds. The molecule has 4 rings (SSSR count). The quantitative estimate of drug-likeness (QED) is 0.610. The molecular formula is C18H13F2N5. The average Bonchev–Trinajstić information content (AvgIpc) is 2.96. The first-order valence-electron chi connectivity index (χ1n) is 7.61. The van der Waals surface area contributed by atoms with Gasteiger partial charge in [0.15, 0.2) is 5.65 Å². The van der Waals surface area contributed by atoms with Crippen molar-refractivity contribution in [1.29, 1.82) is 0 Å². The number of aromatic nitrogens is 4. The Balaban J connectivity index is 1.82. The zero-order valence-corrected chi connectivity index (χ0v) is 13.2. The molecule has 0 spiro atoms. The first-order valence-corrected chi connectivity index (χ1v) is 7.61. The van der Waals surface area contributed by atoms with E-state index in [0.717, 1.165) is 11.1 Å². The summed E-state index contributed by atoms with van der Waals surface area (Å²) < 4.78 is 27.9. The molecule has 0 aliphatic carbocycles. The summed E-state index contributed by atoms with van der Waals surface area (Å²) in [6.07, 6.45) is 1.43. The molecule has 0 unspecified atom stereocenters. The number of fused-ring (bicyclic) bond motifs is 1. The lowest BCUT2D eigenvalue weighted by Crippen LogP contribution is -1.99. The van der Waals surface area contributed by atoms with E-state index in [2.05, 4.69) is 20.4 Å². The van der Waals surface area contributed by atoms with Gasteiger partial charge in [0.05, 0.1) is 16.8 Å². The van der Waals surface area contributed by atoms with Gasteiger partial charge in [-0.15, -0.1) is 0 Å². The molecule has 0 saturated carbocycles. The molecule has 0 aliphatic rings. The molecule has 5 nitrogen and oxygen atoms in total. The van der Waals surface area contributed by atoms with Crippen LogP contribution in [0.4, 0.5) is 20.3 Å². The second-order valence-electron chi connectivity index (χ2n) is 5.53. The number of halogens is 2. The van der Waals surface area contributed by atoms with Crippen LogP contribution < -0.4 is 5.32 Å². The van der Waals surface area contributed by atoms with Crippen molar-refractivity contribution in [3.05, 3.63) is 72.2 Å². The zero-order valence-electron chi connectivity index (χ0n) is 13.2. The third-order valence-corrected chi connectivity index (χ3v) is 3.82. The number of nitrogens with zero attached hydrogens (tertiary/aromatic N) is 4. The number of aryl methyl sites for hydroxylation is 1. The summed E-state index contributed by atoms with van der Waals surface area (Å²) in [5, 5.41) is 8.40. The Labute approximate surface area is 142 Å². The maximum Gasteiger partial charge on any atom is 0.168 e. The van der Waals surface area contributed by atoms with E-state index in [-0.39, 0.29) is 11.6 Å². The number of benzene rings is 2. The molecule has 0 bridgehead atoms. The molecule has 1 N–H and O–H groups in total. The fraction of sp³-hybridized carbons (Fsp3) is 0.0556. The monoisotopic (exact) mass is 337 g/mol. The second-order valence-corrected chi connectivity index (χ2v) is 5.53. The predicted octanol–water partition coefficient (Wildman–Crippen LogP) is 4.15. The summed E-state index contributed by atoms with van der Waals surface area (Å²) in [6, 6.07) is 12.0. The minimum atomic E-state index is -0.315. The number of hydrogen-bond acceptors (Lipinski definition) is 4. The Bertz CT molecular complexity index is 1040. The summed E-state index contributed by atoms with van der Waals surface area (Å²) in [6.45, 7) is 1.85. The van der Waals surface area contributed by atoms with Gasteiger partial charge >= 0.3 is 0 Å². The van der Waals surface area contributed by atoms with Gasteiger partial charge in [0.1, 0.15) is 23.8 Å². The van der Waals surface area contributed by atoms with Gasteiger partial charge < -0.3 is 5.32 Å². The van der Waals surface area contributed by atoms with E-state index in [4.69, 9.17) is 0 Å². The average molecular weight is 337 g/mol. The van der Waals surface area contributed by atoms with E-state index in [0.29, 0.717) is 22.8 Å². The highest BCUT2D eigenvalue weighted by Crippen LogP contribution is 2.27. The highest BCUT2D eigenvalue weighted by atomic mass is 19.1. The standard InChI is InChI=1S/C18H13F2N5/c1-11-16-17(23-14-6-2-12(19)3-7-14)21-10-22-18(16)25(24-11)15-8-4-13(20)5-9-15/h2-10H,1H3,(H,21,22,23). The van der Waals surface area contributed by atoms with Crippen molar-refractivity contribution in [2.45, 2.75) is 6.92 Å². The van der Waals surface area contributed by atoms with Crippen molar-refractivity contribution in [2.75, 3.05) is 5.32 Å². The molecule has 0 radical (unpaired) electrons. The van der Waals surface area contributed by atoms with Crippen LogP contribution in [0.5, 0.6) is 0 Å². The van der Waals surface area contributed by atoms with Crippen molar-refractivity contribution >= 4 is 22.5 Å². The summed E-state index contributed by atoms with van der Waals surface area (Å²) in [5.74, 6) is -0.0496. The molecule has 2 aromatic heterocycles. The summed E-state index contributed by atoms with van der Waals surface area (Å²) in [5.41, 5.74) is 2.73. The molecule has 25 heavy (non-hydrogen) atoms. The van der Waals surface area contributed by atoms with Gasteiger partial charge in [0, 0.05) is 5.69 Å². The molecule has 0 aliphatic heterocycles. The minimum Gasteiger partial charge on any atom is -0.340 e. The maximum atomic E-state index is 13.2. The van der Waals surface area contributed by atoms with Crippen molar-refractivity contribution in [2.24, 2.45) is 0 Å². The lowest BCUT2D eigenvalue weighted by atomic mass is 10.2. The molecule has 0 atom stereocenters. The van der Waals surface area contributed by atoms with Crippen LogP contribution in [-0.2, 0) is 0 Å². The second kappa shape index (κ2) is 5.94. The number of hydrogen-bond donors (Lipinski definition) is 1. The van der Waals surface area contributed by atoms with Crippen molar-refractivity contribution in [3.63, 3.8) is 0 Å². The lowest BCUT2D eigenvalue weighted by Gasteiger charge is -2.07. The van der Waals surface area contributed by atoms with Crippen LogP contribution in [0.3, 0.4) is 0 Å². The molecule has 2 heterocycles. The van der Waals surface area contributed by atoms with Gasteiger partial charge in [-0.2, -0.15) is 5.10 Å². The molecule has 124 valence electrons. The molecule has 4 aromatic rings. The normalized spacial score (nSPS) is 11.0. The minimum absolute atomic E-state index is 0.307. The third kappa shape index (κ3) is 2.80. The van der Waals surface area contributed by atoms with E-state index < -0.39 is 0 Å². The van der Waals surface area contributed by atoms with Gasteiger partial charge in [-0.25, -0.2) is 23.4 Å². The van der Waals surface area contributed by atoms with Crippen LogP contribution in [0, 0.1) is 18.6 Å². The van der Waals surface area contributed by atoms with E-state index >= 15 is 0 Å². The van der Waals surface area contributed by atoms with Crippen LogP contribution in [0.2, 0.25) is 0 Å². The topological polar surface area (TPSA) is 55.6 Å². The van der Waals surface area contributed by atoms with Crippen LogP contribution in [0.1, 0.15) is 5.69 Å². The van der Waals surface area contributed by atoms with Gasteiger partial charge in [0.2, 0.25) is 0 Å². The largest absolute Gasteiger partial charge is 0.340 e. The van der Waals surface area contributed by atoms with Gasteiger partial charge in [-0.1, -0.05) is 0 Å².